The second-order valence-corrected chi connectivity index (χ2v) is 7.03. The molecule has 0 aliphatic carbocycles. The molecule has 0 fully saturated rings. The molecule has 0 amide bonds. The van der Waals surface area contributed by atoms with Crippen LogP contribution < -0.4 is 0 Å². The van der Waals surface area contributed by atoms with Crippen molar-refractivity contribution in [1.82, 2.24) is 9.13 Å². The standard InChI is InChI=1S/C20H32N2S/c1-3-4-5-6-7-8-9-10-11-14-17-22-19-16-13-12-15-18(19)21(2)20(22)23/h12-13,15-16H,3-11,14,17H2,1-2H3. The van der Waals surface area contributed by atoms with E-state index in [4.69, 9.17) is 12.2 Å². The van der Waals surface area contributed by atoms with Gasteiger partial charge in [0.1, 0.15) is 0 Å². The second-order valence-electron chi connectivity index (χ2n) is 6.66. The van der Waals surface area contributed by atoms with E-state index in [1.807, 2.05) is 0 Å². The highest BCUT2D eigenvalue weighted by Gasteiger charge is 2.06. The first-order valence-corrected chi connectivity index (χ1v) is 9.80. The van der Waals surface area contributed by atoms with Crippen LogP contribution >= 0.6 is 12.2 Å². The minimum Gasteiger partial charge on any atom is -0.320 e. The summed E-state index contributed by atoms with van der Waals surface area (Å²) in [6, 6.07) is 8.52. The van der Waals surface area contributed by atoms with E-state index in [-0.39, 0.29) is 0 Å². The topological polar surface area (TPSA) is 9.86 Å². The molecule has 0 unspecified atom stereocenters. The number of benzene rings is 1. The average Bonchev–Trinajstić information content (AvgIpc) is 2.81. The van der Waals surface area contributed by atoms with Crippen molar-refractivity contribution in [1.29, 1.82) is 0 Å². The van der Waals surface area contributed by atoms with Crippen LogP contribution in [0.2, 0.25) is 0 Å². The summed E-state index contributed by atoms with van der Waals surface area (Å²) in [6.45, 7) is 3.33. The van der Waals surface area contributed by atoms with Gasteiger partial charge in [-0.1, -0.05) is 76.8 Å². The SMILES string of the molecule is CCCCCCCCCCCCn1c(=S)n(C)c2ccccc21. The first-order valence-electron chi connectivity index (χ1n) is 9.40. The Morgan fingerprint density at radius 1 is 0.783 bits per heavy atom. The van der Waals surface area contributed by atoms with E-state index in [1.165, 1.54) is 75.2 Å². The molecule has 0 saturated carbocycles. The highest BCUT2D eigenvalue weighted by molar-refractivity contribution is 7.71. The monoisotopic (exact) mass is 332 g/mol. The molecule has 0 bridgehead atoms. The van der Waals surface area contributed by atoms with Crippen LogP contribution in [0.4, 0.5) is 0 Å². The Bertz CT molecular complexity index is 639. The Hall–Kier alpha value is -1.09. The Labute approximate surface area is 146 Å². The number of aromatic nitrogens is 2. The minimum absolute atomic E-state index is 0.946. The van der Waals surface area contributed by atoms with E-state index in [1.54, 1.807) is 0 Å². The summed E-state index contributed by atoms with van der Waals surface area (Å²) < 4.78 is 5.37. The van der Waals surface area contributed by atoms with Gasteiger partial charge in [0.15, 0.2) is 4.77 Å². The number of para-hydroxylation sites is 2. The van der Waals surface area contributed by atoms with Gasteiger partial charge in [0.2, 0.25) is 0 Å². The maximum atomic E-state index is 5.59. The molecule has 0 saturated heterocycles. The predicted molar refractivity (Wildman–Crippen MR) is 104 cm³/mol. The van der Waals surface area contributed by atoms with Crippen LogP contribution in [0, 0.1) is 4.77 Å². The number of hydrogen-bond donors (Lipinski definition) is 0. The maximum absolute atomic E-state index is 5.59. The molecule has 2 rings (SSSR count). The molecule has 0 aliphatic heterocycles. The molecular formula is C20H32N2S. The molecule has 1 aromatic heterocycles. The summed E-state index contributed by atoms with van der Waals surface area (Å²) in [5.41, 5.74) is 2.51. The Morgan fingerprint density at radius 3 is 1.91 bits per heavy atom. The molecule has 0 aliphatic rings. The van der Waals surface area contributed by atoms with Crippen molar-refractivity contribution < 1.29 is 0 Å². The molecule has 3 heteroatoms. The quantitative estimate of drug-likeness (QED) is 0.331. The van der Waals surface area contributed by atoms with Crippen LogP contribution in [0.1, 0.15) is 71.1 Å². The molecular weight excluding hydrogens is 300 g/mol. The summed E-state index contributed by atoms with van der Waals surface area (Å²) >= 11 is 5.59. The third-order valence-corrected chi connectivity index (χ3v) is 5.28. The van der Waals surface area contributed by atoms with Gasteiger partial charge < -0.3 is 9.13 Å². The lowest BCUT2D eigenvalue weighted by Gasteiger charge is -2.05. The third kappa shape index (κ3) is 5.20. The molecule has 1 aromatic carbocycles. The molecule has 0 atom stereocenters. The van der Waals surface area contributed by atoms with Crippen molar-refractivity contribution >= 4 is 23.3 Å². The van der Waals surface area contributed by atoms with Crippen LogP contribution in [-0.4, -0.2) is 9.13 Å². The largest absolute Gasteiger partial charge is 0.320 e. The lowest BCUT2D eigenvalue weighted by molar-refractivity contribution is 0.535. The number of aryl methyl sites for hydroxylation is 2. The van der Waals surface area contributed by atoms with E-state index >= 15 is 0 Å². The number of fused-ring (bicyclic) bond motifs is 1. The van der Waals surface area contributed by atoms with Crippen LogP contribution in [0.25, 0.3) is 11.0 Å². The lowest BCUT2D eigenvalue weighted by Crippen LogP contribution is -1.99. The van der Waals surface area contributed by atoms with Gasteiger partial charge in [-0.15, -0.1) is 0 Å². The van der Waals surface area contributed by atoms with Crippen molar-refractivity contribution in [3.8, 4) is 0 Å². The maximum Gasteiger partial charge on any atom is 0.180 e. The van der Waals surface area contributed by atoms with Gasteiger partial charge in [-0.3, -0.25) is 0 Å². The Kier molecular flexibility index (Phi) is 7.87. The zero-order valence-corrected chi connectivity index (χ0v) is 15.7. The molecule has 1 heterocycles. The second kappa shape index (κ2) is 9.92. The van der Waals surface area contributed by atoms with Crippen molar-refractivity contribution in [2.75, 3.05) is 0 Å². The summed E-state index contributed by atoms with van der Waals surface area (Å²) in [4.78, 5) is 0. The third-order valence-electron chi connectivity index (χ3n) is 4.79. The summed E-state index contributed by atoms with van der Waals surface area (Å²) in [5, 5.41) is 0. The summed E-state index contributed by atoms with van der Waals surface area (Å²) in [6.07, 6.45) is 13.8. The Morgan fingerprint density at radius 2 is 1.30 bits per heavy atom. The molecule has 128 valence electrons. The van der Waals surface area contributed by atoms with Crippen LogP contribution in [0.3, 0.4) is 0 Å². The molecule has 2 aromatic rings. The lowest BCUT2D eigenvalue weighted by atomic mass is 10.1. The van der Waals surface area contributed by atoms with Crippen LogP contribution in [0.15, 0.2) is 24.3 Å². The highest BCUT2D eigenvalue weighted by Crippen LogP contribution is 2.18. The van der Waals surface area contributed by atoms with Crippen molar-refractivity contribution in [2.45, 2.75) is 77.7 Å². The van der Waals surface area contributed by atoms with Crippen LogP contribution in [-0.2, 0) is 13.6 Å². The fourth-order valence-corrected chi connectivity index (χ4v) is 3.62. The zero-order chi connectivity index (χ0) is 16.5. The van der Waals surface area contributed by atoms with E-state index < -0.39 is 0 Å². The highest BCUT2D eigenvalue weighted by atomic mass is 32.1. The van der Waals surface area contributed by atoms with Gasteiger partial charge in [0.25, 0.3) is 0 Å². The number of nitrogens with zero attached hydrogens (tertiary/aromatic N) is 2. The average molecular weight is 333 g/mol. The van der Waals surface area contributed by atoms with Crippen molar-refractivity contribution in [3.05, 3.63) is 29.0 Å². The molecule has 2 nitrogen and oxygen atoms in total. The van der Waals surface area contributed by atoms with Crippen molar-refractivity contribution in [3.63, 3.8) is 0 Å². The molecule has 0 radical (unpaired) electrons. The van der Waals surface area contributed by atoms with Gasteiger partial charge in [0.05, 0.1) is 11.0 Å². The van der Waals surface area contributed by atoms with Gasteiger partial charge >= 0.3 is 0 Å². The fourth-order valence-electron chi connectivity index (χ4n) is 3.34. The van der Waals surface area contributed by atoms with E-state index in [0.717, 1.165) is 11.3 Å². The van der Waals surface area contributed by atoms with Crippen molar-refractivity contribution in [2.24, 2.45) is 7.05 Å². The number of hydrogen-bond acceptors (Lipinski definition) is 1. The van der Waals surface area contributed by atoms with Crippen LogP contribution in [0.5, 0.6) is 0 Å². The summed E-state index contributed by atoms with van der Waals surface area (Å²) in [5.74, 6) is 0. The number of rotatable bonds is 11. The molecule has 23 heavy (non-hydrogen) atoms. The first-order chi connectivity index (χ1) is 11.3. The van der Waals surface area contributed by atoms with E-state index in [9.17, 15) is 0 Å². The first kappa shape index (κ1) is 18.3. The van der Waals surface area contributed by atoms with Gasteiger partial charge in [0, 0.05) is 13.6 Å². The zero-order valence-electron chi connectivity index (χ0n) is 14.9. The smallest absolute Gasteiger partial charge is 0.180 e. The van der Waals surface area contributed by atoms with Gasteiger partial charge in [-0.2, -0.15) is 0 Å². The summed E-state index contributed by atoms with van der Waals surface area (Å²) in [7, 11) is 2.07. The van der Waals surface area contributed by atoms with E-state index in [0.29, 0.717) is 0 Å². The normalized spacial score (nSPS) is 11.4. The minimum atomic E-state index is 0.946. The fraction of sp³-hybridized carbons (Fsp3) is 0.650. The predicted octanol–water partition coefficient (Wildman–Crippen LogP) is 6.63. The molecule has 0 spiro atoms. The number of unbranched alkanes of at least 4 members (excludes halogenated alkanes) is 9. The molecule has 0 N–H and O–H groups in total. The van der Waals surface area contributed by atoms with Gasteiger partial charge in [-0.25, -0.2) is 0 Å². The number of imidazole rings is 1. The Balaban J connectivity index is 1.67. The van der Waals surface area contributed by atoms with Gasteiger partial charge in [-0.05, 0) is 30.8 Å². The van der Waals surface area contributed by atoms with E-state index in [2.05, 4.69) is 47.4 Å².